The zero-order valence-corrected chi connectivity index (χ0v) is 9.66. The van der Waals surface area contributed by atoms with Gasteiger partial charge in [-0.15, -0.1) is 0 Å². The number of nitrogens with one attached hydrogen (secondary N) is 2. The number of rotatable bonds is 5. The first-order valence-electron chi connectivity index (χ1n) is 5.89. The van der Waals surface area contributed by atoms with Crippen molar-refractivity contribution >= 4 is 11.9 Å². The molecule has 0 aromatic heterocycles. The van der Waals surface area contributed by atoms with Crippen molar-refractivity contribution in [2.24, 2.45) is 5.92 Å². The number of piperidine rings is 1. The summed E-state index contributed by atoms with van der Waals surface area (Å²) in [6, 6.07) is -0.139. The maximum atomic E-state index is 11.7. The Bertz CT molecular complexity index is 250. The van der Waals surface area contributed by atoms with Crippen molar-refractivity contribution in [2.75, 3.05) is 13.1 Å². The summed E-state index contributed by atoms with van der Waals surface area (Å²) in [7, 11) is 0. The number of hydrogen-bond acceptors (Lipinski definition) is 3. The molecule has 1 aliphatic rings. The van der Waals surface area contributed by atoms with E-state index in [1.807, 2.05) is 6.92 Å². The fraction of sp³-hybridized carbons (Fsp3) is 0.818. The summed E-state index contributed by atoms with van der Waals surface area (Å²) in [5.41, 5.74) is 0. The first-order valence-corrected chi connectivity index (χ1v) is 5.89. The van der Waals surface area contributed by atoms with Crippen molar-refractivity contribution in [1.29, 1.82) is 0 Å². The Morgan fingerprint density at radius 3 is 2.75 bits per heavy atom. The van der Waals surface area contributed by atoms with Gasteiger partial charge in [-0.2, -0.15) is 0 Å². The van der Waals surface area contributed by atoms with Crippen LogP contribution in [0.2, 0.25) is 0 Å². The van der Waals surface area contributed by atoms with Crippen LogP contribution in [-0.2, 0) is 9.59 Å². The molecule has 0 aromatic carbocycles. The van der Waals surface area contributed by atoms with E-state index in [2.05, 4.69) is 10.6 Å². The van der Waals surface area contributed by atoms with Crippen molar-refractivity contribution in [3.8, 4) is 0 Å². The summed E-state index contributed by atoms with van der Waals surface area (Å²) in [4.78, 5) is 22.4. The van der Waals surface area contributed by atoms with Crippen molar-refractivity contribution in [3.63, 3.8) is 0 Å². The van der Waals surface area contributed by atoms with Crippen LogP contribution in [0.25, 0.3) is 0 Å². The standard InChI is InChI=1S/C11H20N2O3/c1-2-8(11(15)16)7-13-10(14)9-5-3-4-6-12-9/h8-9,12H,2-7H2,1H3,(H,13,14)(H,15,16)/t8?,9-/m1/s1. The fourth-order valence-electron chi connectivity index (χ4n) is 1.83. The molecular formula is C11H20N2O3. The zero-order chi connectivity index (χ0) is 12.0. The Morgan fingerprint density at radius 1 is 1.50 bits per heavy atom. The third-order valence-electron chi connectivity index (χ3n) is 2.99. The van der Waals surface area contributed by atoms with Crippen molar-refractivity contribution < 1.29 is 14.7 Å². The Balaban J connectivity index is 2.30. The molecular weight excluding hydrogens is 208 g/mol. The third-order valence-corrected chi connectivity index (χ3v) is 2.99. The van der Waals surface area contributed by atoms with Crippen LogP contribution in [-0.4, -0.2) is 36.1 Å². The predicted molar refractivity (Wildman–Crippen MR) is 60.1 cm³/mol. The Hall–Kier alpha value is -1.10. The molecule has 0 aliphatic carbocycles. The first-order chi connectivity index (χ1) is 7.65. The fourth-order valence-corrected chi connectivity index (χ4v) is 1.83. The molecule has 1 rings (SSSR count). The highest BCUT2D eigenvalue weighted by molar-refractivity contribution is 5.82. The molecule has 0 saturated carbocycles. The third kappa shape index (κ3) is 3.81. The molecule has 16 heavy (non-hydrogen) atoms. The molecule has 0 radical (unpaired) electrons. The molecule has 1 heterocycles. The van der Waals surface area contributed by atoms with Crippen LogP contribution in [0.15, 0.2) is 0 Å². The van der Waals surface area contributed by atoms with E-state index in [4.69, 9.17) is 5.11 Å². The average molecular weight is 228 g/mol. The van der Waals surface area contributed by atoms with Gasteiger partial charge in [0.15, 0.2) is 0 Å². The molecule has 5 heteroatoms. The average Bonchev–Trinajstić information content (AvgIpc) is 2.30. The highest BCUT2D eigenvalue weighted by Gasteiger charge is 2.22. The van der Waals surface area contributed by atoms with Gasteiger partial charge in [-0.25, -0.2) is 0 Å². The smallest absolute Gasteiger partial charge is 0.308 e. The normalized spacial score (nSPS) is 22.4. The van der Waals surface area contributed by atoms with Gasteiger partial charge in [-0.05, 0) is 25.8 Å². The van der Waals surface area contributed by atoms with Gasteiger partial charge in [0.1, 0.15) is 0 Å². The lowest BCUT2D eigenvalue weighted by atomic mass is 10.0. The minimum Gasteiger partial charge on any atom is -0.481 e. The zero-order valence-electron chi connectivity index (χ0n) is 9.66. The van der Waals surface area contributed by atoms with Crippen LogP contribution >= 0.6 is 0 Å². The largest absolute Gasteiger partial charge is 0.481 e. The van der Waals surface area contributed by atoms with Crippen molar-refractivity contribution in [1.82, 2.24) is 10.6 Å². The number of carboxylic acid groups (broad SMARTS) is 1. The van der Waals surface area contributed by atoms with Crippen molar-refractivity contribution in [2.45, 2.75) is 38.6 Å². The van der Waals surface area contributed by atoms with Crippen LogP contribution in [0.5, 0.6) is 0 Å². The summed E-state index contributed by atoms with van der Waals surface area (Å²) in [5.74, 6) is -1.40. The molecule has 1 fully saturated rings. The minimum atomic E-state index is -0.848. The van der Waals surface area contributed by atoms with Gasteiger partial charge in [0.25, 0.3) is 0 Å². The van der Waals surface area contributed by atoms with Crippen LogP contribution in [0.4, 0.5) is 0 Å². The summed E-state index contributed by atoms with van der Waals surface area (Å²) < 4.78 is 0. The van der Waals surface area contributed by atoms with Crippen LogP contribution < -0.4 is 10.6 Å². The molecule has 5 nitrogen and oxygen atoms in total. The van der Waals surface area contributed by atoms with E-state index in [1.165, 1.54) is 0 Å². The topological polar surface area (TPSA) is 78.4 Å². The second-order valence-corrected chi connectivity index (χ2v) is 4.19. The second-order valence-electron chi connectivity index (χ2n) is 4.19. The van der Waals surface area contributed by atoms with Crippen LogP contribution in [0, 0.1) is 5.92 Å². The van der Waals surface area contributed by atoms with Crippen molar-refractivity contribution in [3.05, 3.63) is 0 Å². The summed E-state index contributed by atoms with van der Waals surface area (Å²) >= 11 is 0. The van der Waals surface area contributed by atoms with Gasteiger partial charge in [0, 0.05) is 6.54 Å². The summed E-state index contributed by atoms with van der Waals surface area (Å²) in [5, 5.41) is 14.7. The van der Waals surface area contributed by atoms with E-state index in [-0.39, 0.29) is 18.5 Å². The van der Waals surface area contributed by atoms with Gasteiger partial charge in [0.2, 0.25) is 5.91 Å². The van der Waals surface area contributed by atoms with E-state index in [9.17, 15) is 9.59 Å². The molecule has 0 spiro atoms. The minimum absolute atomic E-state index is 0.0700. The first kappa shape index (κ1) is 13.0. The van der Waals surface area contributed by atoms with E-state index in [1.54, 1.807) is 0 Å². The van der Waals surface area contributed by atoms with Crippen LogP contribution in [0.3, 0.4) is 0 Å². The highest BCUT2D eigenvalue weighted by Crippen LogP contribution is 2.07. The highest BCUT2D eigenvalue weighted by atomic mass is 16.4. The number of carbonyl (C=O) groups excluding carboxylic acids is 1. The maximum absolute atomic E-state index is 11.7. The quantitative estimate of drug-likeness (QED) is 0.634. The SMILES string of the molecule is CCC(CNC(=O)[C@H]1CCCCN1)C(=O)O. The van der Waals surface area contributed by atoms with Gasteiger partial charge in [-0.1, -0.05) is 13.3 Å². The summed E-state index contributed by atoms with van der Waals surface area (Å²) in [6.07, 6.45) is 3.54. The molecule has 1 amide bonds. The lowest BCUT2D eigenvalue weighted by Gasteiger charge is -2.23. The Labute approximate surface area is 95.6 Å². The Morgan fingerprint density at radius 2 is 2.25 bits per heavy atom. The lowest BCUT2D eigenvalue weighted by molar-refractivity contribution is -0.141. The number of aliphatic carboxylic acids is 1. The number of carbonyl (C=O) groups is 2. The molecule has 2 atom stereocenters. The van der Waals surface area contributed by atoms with Gasteiger partial charge in [0.05, 0.1) is 12.0 Å². The molecule has 1 aliphatic heterocycles. The monoisotopic (exact) mass is 228 g/mol. The van der Waals surface area contributed by atoms with Gasteiger partial charge < -0.3 is 15.7 Å². The maximum Gasteiger partial charge on any atom is 0.308 e. The van der Waals surface area contributed by atoms with Gasteiger partial charge >= 0.3 is 5.97 Å². The lowest BCUT2D eigenvalue weighted by Crippen LogP contribution is -2.48. The predicted octanol–water partition coefficient (Wildman–Crippen LogP) is 0.356. The number of amides is 1. The molecule has 1 saturated heterocycles. The number of hydrogen-bond donors (Lipinski definition) is 3. The molecule has 0 aromatic rings. The molecule has 0 bridgehead atoms. The van der Waals surface area contributed by atoms with Crippen LogP contribution in [0.1, 0.15) is 32.6 Å². The Kier molecular flexibility index (Phi) is 5.25. The molecule has 92 valence electrons. The van der Waals surface area contributed by atoms with Gasteiger partial charge in [-0.3, -0.25) is 9.59 Å². The number of carboxylic acids is 1. The van der Waals surface area contributed by atoms with E-state index >= 15 is 0 Å². The van der Waals surface area contributed by atoms with E-state index in [0.717, 1.165) is 25.8 Å². The summed E-state index contributed by atoms with van der Waals surface area (Å²) in [6.45, 7) is 2.90. The van der Waals surface area contributed by atoms with E-state index < -0.39 is 11.9 Å². The molecule has 3 N–H and O–H groups in total. The second kappa shape index (κ2) is 6.48. The van der Waals surface area contributed by atoms with E-state index in [0.29, 0.717) is 6.42 Å². The molecule has 1 unspecified atom stereocenters.